The maximum absolute atomic E-state index is 6.03. The molecule has 3 rings (SSSR count). The lowest BCUT2D eigenvalue weighted by atomic mass is 10.1. The second-order valence-electron chi connectivity index (χ2n) is 5.28. The van der Waals surface area contributed by atoms with Crippen LogP contribution in [0.3, 0.4) is 0 Å². The van der Waals surface area contributed by atoms with E-state index in [-0.39, 0.29) is 6.04 Å². The summed E-state index contributed by atoms with van der Waals surface area (Å²) < 4.78 is 6.03. The van der Waals surface area contributed by atoms with E-state index in [0.717, 1.165) is 35.4 Å². The van der Waals surface area contributed by atoms with Gasteiger partial charge in [0.15, 0.2) is 0 Å². The van der Waals surface area contributed by atoms with Crippen molar-refractivity contribution in [2.24, 2.45) is 0 Å². The molecule has 1 aromatic carbocycles. The smallest absolute Gasteiger partial charge is 0.134 e. The summed E-state index contributed by atoms with van der Waals surface area (Å²) in [6.07, 6.45) is 2.91. The number of aryl methyl sites for hydroxylation is 1. The molecule has 0 aliphatic heterocycles. The van der Waals surface area contributed by atoms with Crippen molar-refractivity contribution in [2.45, 2.75) is 26.3 Å². The third kappa shape index (κ3) is 2.83. The third-order valence-corrected chi connectivity index (χ3v) is 3.65. The van der Waals surface area contributed by atoms with Crippen LogP contribution in [0, 0.1) is 6.92 Å². The zero-order valence-corrected chi connectivity index (χ0v) is 12.5. The molecule has 2 aromatic heterocycles. The lowest BCUT2D eigenvalue weighted by Gasteiger charge is -2.17. The molecule has 0 spiro atoms. The number of benzene rings is 1. The molecular formula is C18H20N2O. The van der Waals surface area contributed by atoms with Crippen LogP contribution in [-0.4, -0.2) is 11.5 Å². The van der Waals surface area contributed by atoms with Crippen LogP contribution < -0.4 is 5.32 Å². The van der Waals surface area contributed by atoms with Crippen molar-refractivity contribution in [1.82, 2.24) is 10.3 Å². The number of furan rings is 1. The van der Waals surface area contributed by atoms with Gasteiger partial charge in [-0.25, -0.2) is 0 Å². The highest BCUT2D eigenvalue weighted by Gasteiger charge is 2.20. The molecule has 0 saturated heterocycles. The number of para-hydroxylation sites is 1. The molecule has 21 heavy (non-hydrogen) atoms. The van der Waals surface area contributed by atoms with Gasteiger partial charge in [0.2, 0.25) is 0 Å². The van der Waals surface area contributed by atoms with E-state index < -0.39 is 0 Å². The van der Waals surface area contributed by atoms with Gasteiger partial charge in [0.1, 0.15) is 17.4 Å². The van der Waals surface area contributed by atoms with Crippen LogP contribution in [-0.2, 0) is 0 Å². The van der Waals surface area contributed by atoms with Gasteiger partial charge in [-0.05, 0) is 43.7 Å². The SMILES string of the molecule is CCCNC(c1cc2ccccc2o1)c1ncccc1C. The summed E-state index contributed by atoms with van der Waals surface area (Å²) in [4.78, 5) is 4.56. The van der Waals surface area contributed by atoms with Crippen LogP contribution >= 0.6 is 0 Å². The van der Waals surface area contributed by atoms with E-state index in [1.165, 1.54) is 5.56 Å². The van der Waals surface area contributed by atoms with Crippen LogP contribution in [0.1, 0.15) is 36.4 Å². The van der Waals surface area contributed by atoms with E-state index in [2.05, 4.69) is 42.3 Å². The van der Waals surface area contributed by atoms with Gasteiger partial charge in [-0.15, -0.1) is 0 Å². The standard InChI is InChI=1S/C18H20N2O/c1-3-10-19-18(17-13(2)7-6-11-20-17)16-12-14-8-4-5-9-15(14)21-16/h4-9,11-12,18-19H,3,10H2,1-2H3. The zero-order valence-electron chi connectivity index (χ0n) is 12.5. The quantitative estimate of drug-likeness (QED) is 0.760. The summed E-state index contributed by atoms with van der Waals surface area (Å²) in [7, 11) is 0. The van der Waals surface area contributed by atoms with Crippen molar-refractivity contribution in [3.8, 4) is 0 Å². The Bertz CT molecular complexity index is 700. The Hall–Kier alpha value is -2.13. The molecule has 2 heterocycles. The molecule has 0 fully saturated rings. The molecule has 0 aliphatic carbocycles. The van der Waals surface area contributed by atoms with Gasteiger partial charge in [-0.2, -0.15) is 0 Å². The second-order valence-corrected chi connectivity index (χ2v) is 5.28. The Morgan fingerprint density at radius 3 is 2.81 bits per heavy atom. The fourth-order valence-electron chi connectivity index (χ4n) is 2.57. The van der Waals surface area contributed by atoms with Crippen molar-refractivity contribution in [2.75, 3.05) is 6.54 Å². The first kappa shape index (κ1) is 13.8. The minimum absolute atomic E-state index is 0.00134. The second kappa shape index (κ2) is 6.10. The highest BCUT2D eigenvalue weighted by atomic mass is 16.3. The summed E-state index contributed by atoms with van der Waals surface area (Å²) >= 11 is 0. The Morgan fingerprint density at radius 2 is 2.05 bits per heavy atom. The van der Waals surface area contributed by atoms with Gasteiger partial charge in [0.25, 0.3) is 0 Å². The van der Waals surface area contributed by atoms with E-state index >= 15 is 0 Å². The predicted octanol–water partition coefficient (Wildman–Crippen LogP) is 4.23. The van der Waals surface area contributed by atoms with Crippen LogP contribution in [0.2, 0.25) is 0 Å². The maximum atomic E-state index is 6.03. The van der Waals surface area contributed by atoms with Gasteiger partial charge in [0, 0.05) is 11.6 Å². The van der Waals surface area contributed by atoms with Crippen molar-refractivity contribution in [3.63, 3.8) is 0 Å². The first-order chi connectivity index (χ1) is 10.3. The Balaban J connectivity index is 2.04. The number of aromatic nitrogens is 1. The molecule has 3 heteroatoms. The highest BCUT2D eigenvalue weighted by molar-refractivity contribution is 5.77. The monoisotopic (exact) mass is 280 g/mol. The molecule has 0 saturated carbocycles. The first-order valence-electron chi connectivity index (χ1n) is 7.43. The molecule has 0 amide bonds. The number of hydrogen-bond donors (Lipinski definition) is 1. The Morgan fingerprint density at radius 1 is 1.19 bits per heavy atom. The Kier molecular flexibility index (Phi) is 4.02. The average Bonchev–Trinajstić information content (AvgIpc) is 2.93. The van der Waals surface area contributed by atoms with Crippen molar-refractivity contribution in [1.29, 1.82) is 0 Å². The van der Waals surface area contributed by atoms with E-state index in [0.29, 0.717) is 0 Å². The molecule has 1 atom stereocenters. The van der Waals surface area contributed by atoms with Gasteiger partial charge in [-0.3, -0.25) is 4.98 Å². The van der Waals surface area contributed by atoms with Crippen molar-refractivity contribution in [3.05, 3.63) is 65.7 Å². The van der Waals surface area contributed by atoms with Crippen LogP contribution in [0.4, 0.5) is 0 Å². The van der Waals surface area contributed by atoms with Crippen molar-refractivity contribution >= 4 is 11.0 Å². The molecule has 3 aromatic rings. The Labute approximate surface area is 125 Å². The van der Waals surface area contributed by atoms with Crippen molar-refractivity contribution < 1.29 is 4.42 Å². The fourth-order valence-corrected chi connectivity index (χ4v) is 2.57. The van der Waals surface area contributed by atoms with E-state index in [9.17, 15) is 0 Å². The molecule has 3 nitrogen and oxygen atoms in total. The van der Waals surface area contributed by atoms with E-state index in [4.69, 9.17) is 4.42 Å². The average molecular weight is 280 g/mol. The summed E-state index contributed by atoms with van der Waals surface area (Å²) in [6.45, 7) is 5.18. The van der Waals surface area contributed by atoms with Crippen LogP contribution in [0.15, 0.2) is 53.1 Å². The van der Waals surface area contributed by atoms with Crippen LogP contribution in [0.5, 0.6) is 0 Å². The van der Waals surface area contributed by atoms with Gasteiger partial charge < -0.3 is 9.73 Å². The lowest BCUT2D eigenvalue weighted by molar-refractivity contribution is 0.462. The minimum atomic E-state index is -0.00134. The largest absolute Gasteiger partial charge is 0.459 e. The molecule has 1 N–H and O–H groups in total. The van der Waals surface area contributed by atoms with Crippen LogP contribution in [0.25, 0.3) is 11.0 Å². The van der Waals surface area contributed by atoms with Gasteiger partial charge in [-0.1, -0.05) is 31.2 Å². The summed E-state index contributed by atoms with van der Waals surface area (Å²) in [5, 5.41) is 4.68. The maximum Gasteiger partial charge on any atom is 0.134 e. The minimum Gasteiger partial charge on any atom is -0.459 e. The van der Waals surface area contributed by atoms with Gasteiger partial charge >= 0.3 is 0 Å². The molecular weight excluding hydrogens is 260 g/mol. The molecule has 0 radical (unpaired) electrons. The third-order valence-electron chi connectivity index (χ3n) is 3.65. The molecule has 108 valence electrons. The molecule has 0 bridgehead atoms. The normalized spacial score (nSPS) is 12.7. The number of fused-ring (bicyclic) bond motifs is 1. The summed E-state index contributed by atoms with van der Waals surface area (Å²) in [6, 6.07) is 14.3. The lowest BCUT2D eigenvalue weighted by Crippen LogP contribution is -2.24. The van der Waals surface area contributed by atoms with Gasteiger partial charge in [0.05, 0.1) is 5.69 Å². The number of rotatable bonds is 5. The number of hydrogen-bond acceptors (Lipinski definition) is 3. The topological polar surface area (TPSA) is 38.1 Å². The number of nitrogens with one attached hydrogen (secondary N) is 1. The summed E-state index contributed by atoms with van der Waals surface area (Å²) in [5.41, 5.74) is 3.13. The number of nitrogens with zero attached hydrogens (tertiary/aromatic N) is 1. The summed E-state index contributed by atoms with van der Waals surface area (Å²) in [5.74, 6) is 0.923. The number of pyridine rings is 1. The zero-order chi connectivity index (χ0) is 14.7. The first-order valence-corrected chi connectivity index (χ1v) is 7.43. The fraction of sp³-hybridized carbons (Fsp3) is 0.278. The predicted molar refractivity (Wildman–Crippen MR) is 85.3 cm³/mol. The molecule has 0 aliphatic rings. The highest BCUT2D eigenvalue weighted by Crippen LogP contribution is 2.28. The molecule has 1 unspecified atom stereocenters. The van der Waals surface area contributed by atoms with E-state index in [1.807, 2.05) is 30.5 Å². The van der Waals surface area contributed by atoms with E-state index in [1.54, 1.807) is 0 Å².